The summed E-state index contributed by atoms with van der Waals surface area (Å²) in [5.74, 6) is 0.709. The zero-order valence-electron chi connectivity index (χ0n) is 9.05. The van der Waals surface area contributed by atoms with Crippen LogP contribution in [0.4, 0.5) is 0 Å². The number of aliphatic hydroxyl groups excluding tert-OH is 1. The first kappa shape index (κ1) is 10.6. The third-order valence-corrected chi connectivity index (χ3v) is 2.46. The van der Waals surface area contributed by atoms with E-state index in [0.717, 1.165) is 16.7 Å². The third-order valence-electron chi connectivity index (χ3n) is 2.46. The fourth-order valence-electron chi connectivity index (χ4n) is 1.63. The summed E-state index contributed by atoms with van der Waals surface area (Å²) in [5.41, 5.74) is 2.91. The minimum atomic E-state index is -0.0257. The molecule has 0 unspecified atom stereocenters. The quantitative estimate of drug-likeness (QED) is 0.853. The lowest BCUT2D eigenvalue weighted by Gasteiger charge is -2.08. The first-order valence-electron chi connectivity index (χ1n) is 5.03. The molecule has 0 aliphatic carbocycles. The minimum absolute atomic E-state index is 0.0257. The highest BCUT2D eigenvalue weighted by molar-refractivity contribution is 5.65. The molecule has 0 radical (unpaired) electrons. The molecule has 1 heterocycles. The van der Waals surface area contributed by atoms with E-state index in [1.165, 1.54) is 0 Å². The van der Waals surface area contributed by atoms with Gasteiger partial charge in [0.15, 0.2) is 0 Å². The Kier molecular flexibility index (Phi) is 3.17. The van der Waals surface area contributed by atoms with Crippen LogP contribution in [0.1, 0.15) is 5.56 Å². The molecule has 0 aliphatic heterocycles. The lowest BCUT2D eigenvalue weighted by molar-refractivity contribution is 0.274. The van der Waals surface area contributed by atoms with Crippen molar-refractivity contribution < 1.29 is 9.84 Å². The van der Waals surface area contributed by atoms with Gasteiger partial charge in [0.2, 0.25) is 0 Å². The molecule has 0 saturated carbocycles. The Balaban J connectivity index is 2.44. The van der Waals surface area contributed by atoms with Crippen LogP contribution in [-0.2, 0) is 6.61 Å². The van der Waals surface area contributed by atoms with Crippen LogP contribution in [0, 0.1) is 0 Å². The number of benzene rings is 1. The largest absolute Gasteiger partial charge is 0.496 e. The summed E-state index contributed by atoms with van der Waals surface area (Å²) in [5, 5.41) is 9.23. The second-order valence-electron chi connectivity index (χ2n) is 3.42. The van der Waals surface area contributed by atoms with E-state index in [9.17, 15) is 5.11 Å². The number of rotatable bonds is 3. The normalized spacial score (nSPS) is 10.1. The number of pyridine rings is 1. The predicted octanol–water partition coefficient (Wildman–Crippen LogP) is 2.25. The van der Waals surface area contributed by atoms with Gasteiger partial charge in [0, 0.05) is 18.0 Å². The maximum absolute atomic E-state index is 9.23. The second-order valence-corrected chi connectivity index (χ2v) is 3.42. The molecule has 0 spiro atoms. The van der Waals surface area contributed by atoms with Crippen LogP contribution in [0.5, 0.6) is 5.75 Å². The predicted molar refractivity (Wildman–Crippen MR) is 62.1 cm³/mol. The van der Waals surface area contributed by atoms with Crippen LogP contribution < -0.4 is 4.74 Å². The minimum Gasteiger partial charge on any atom is -0.496 e. The summed E-state index contributed by atoms with van der Waals surface area (Å²) in [6.07, 6.45) is 3.50. The Hall–Kier alpha value is -1.87. The van der Waals surface area contributed by atoms with E-state index >= 15 is 0 Å². The third kappa shape index (κ3) is 2.04. The van der Waals surface area contributed by atoms with Gasteiger partial charge in [-0.2, -0.15) is 0 Å². The van der Waals surface area contributed by atoms with Crippen LogP contribution in [-0.4, -0.2) is 17.2 Å². The summed E-state index contributed by atoms with van der Waals surface area (Å²) in [7, 11) is 1.60. The highest BCUT2D eigenvalue weighted by atomic mass is 16.5. The van der Waals surface area contributed by atoms with E-state index in [1.54, 1.807) is 19.5 Å². The van der Waals surface area contributed by atoms with Crippen molar-refractivity contribution in [1.29, 1.82) is 0 Å². The Bertz CT molecular complexity index is 469. The molecule has 1 N–H and O–H groups in total. The van der Waals surface area contributed by atoms with Crippen LogP contribution in [0.3, 0.4) is 0 Å². The monoisotopic (exact) mass is 215 g/mol. The number of hydrogen-bond acceptors (Lipinski definition) is 3. The van der Waals surface area contributed by atoms with Crippen molar-refractivity contribution in [3.05, 3.63) is 48.3 Å². The van der Waals surface area contributed by atoms with E-state index in [2.05, 4.69) is 4.98 Å². The van der Waals surface area contributed by atoms with Gasteiger partial charge >= 0.3 is 0 Å². The Morgan fingerprint density at radius 1 is 1.12 bits per heavy atom. The number of nitrogens with zero attached hydrogens (tertiary/aromatic N) is 1. The van der Waals surface area contributed by atoms with Gasteiger partial charge in [0.1, 0.15) is 5.75 Å². The molecule has 0 atom stereocenters. The Labute approximate surface area is 94.3 Å². The summed E-state index contributed by atoms with van der Waals surface area (Å²) >= 11 is 0. The zero-order valence-corrected chi connectivity index (χ0v) is 9.05. The first-order valence-corrected chi connectivity index (χ1v) is 5.03. The molecule has 1 aromatic carbocycles. The SMILES string of the molecule is COc1ccc(-c2ccncc2)cc1CO. The molecular weight excluding hydrogens is 202 g/mol. The highest BCUT2D eigenvalue weighted by Gasteiger charge is 2.04. The smallest absolute Gasteiger partial charge is 0.124 e. The van der Waals surface area contributed by atoms with Crippen LogP contribution in [0.2, 0.25) is 0 Å². The van der Waals surface area contributed by atoms with Crippen molar-refractivity contribution in [2.75, 3.05) is 7.11 Å². The highest BCUT2D eigenvalue weighted by Crippen LogP contribution is 2.26. The van der Waals surface area contributed by atoms with E-state index in [0.29, 0.717) is 5.75 Å². The van der Waals surface area contributed by atoms with E-state index in [-0.39, 0.29) is 6.61 Å². The molecule has 16 heavy (non-hydrogen) atoms. The van der Waals surface area contributed by atoms with Gasteiger partial charge < -0.3 is 9.84 Å². The fourth-order valence-corrected chi connectivity index (χ4v) is 1.63. The number of aromatic nitrogens is 1. The molecule has 3 heteroatoms. The van der Waals surface area contributed by atoms with Gasteiger partial charge in [-0.05, 0) is 35.4 Å². The van der Waals surface area contributed by atoms with Crippen molar-refractivity contribution in [3.8, 4) is 16.9 Å². The van der Waals surface area contributed by atoms with E-state index < -0.39 is 0 Å². The second kappa shape index (κ2) is 4.77. The van der Waals surface area contributed by atoms with Crippen molar-refractivity contribution in [1.82, 2.24) is 4.98 Å². The van der Waals surface area contributed by atoms with E-state index in [1.807, 2.05) is 30.3 Å². The molecular formula is C13H13NO2. The van der Waals surface area contributed by atoms with Crippen LogP contribution in [0.15, 0.2) is 42.7 Å². The first-order chi connectivity index (χ1) is 7.85. The average molecular weight is 215 g/mol. The summed E-state index contributed by atoms with van der Waals surface area (Å²) in [6, 6.07) is 9.62. The molecule has 0 bridgehead atoms. The number of methoxy groups -OCH3 is 1. The number of ether oxygens (including phenoxy) is 1. The van der Waals surface area contributed by atoms with Gasteiger partial charge in [-0.25, -0.2) is 0 Å². The maximum atomic E-state index is 9.23. The van der Waals surface area contributed by atoms with Crippen LogP contribution >= 0.6 is 0 Å². The van der Waals surface area contributed by atoms with Gasteiger partial charge in [-0.1, -0.05) is 6.07 Å². The van der Waals surface area contributed by atoms with Crippen LogP contribution in [0.25, 0.3) is 11.1 Å². The van der Waals surface area contributed by atoms with Crippen molar-refractivity contribution >= 4 is 0 Å². The topological polar surface area (TPSA) is 42.4 Å². The molecule has 0 fully saturated rings. The van der Waals surface area contributed by atoms with Gasteiger partial charge in [0.25, 0.3) is 0 Å². The summed E-state index contributed by atoms with van der Waals surface area (Å²) in [4.78, 5) is 3.97. The number of aliphatic hydroxyl groups is 1. The zero-order chi connectivity index (χ0) is 11.4. The van der Waals surface area contributed by atoms with Gasteiger partial charge in [0.05, 0.1) is 13.7 Å². The molecule has 2 rings (SSSR count). The molecule has 0 aliphatic rings. The van der Waals surface area contributed by atoms with Gasteiger partial charge in [-0.15, -0.1) is 0 Å². The lowest BCUT2D eigenvalue weighted by Crippen LogP contribution is -1.92. The molecule has 2 aromatic rings. The van der Waals surface area contributed by atoms with E-state index in [4.69, 9.17) is 4.74 Å². The Morgan fingerprint density at radius 2 is 1.88 bits per heavy atom. The number of hydrogen-bond donors (Lipinski definition) is 1. The molecule has 3 nitrogen and oxygen atoms in total. The fraction of sp³-hybridized carbons (Fsp3) is 0.154. The molecule has 1 aromatic heterocycles. The summed E-state index contributed by atoms with van der Waals surface area (Å²) in [6.45, 7) is -0.0257. The summed E-state index contributed by atoms with van der Waals surface area (Å²) < 4.78 is 5.15. The Morgan fingerprint density at radius 3 is 2.50 bits per heavy atom. The maximum Gasteiger partial charge on any atom is 0.124 e. The van der Waals surface area contributed by atoms with Gasteiger partial charge in [-0.3, -0.25) is 4.98 Å². The molecule has 0 amide bonds. The standard InChI is InChI=1S/C13H13NO2/c1-16-13-3-2-11(8-12(13)9-15)10-4-6-14-7-5-10/h2-8,15H,9H2,1H3. The lowest BCUT2D eigenvalue weighted by atomic mass is 10.0. The van der Waals surface area contributed by atoms with Crippen molar-refractivity contribution in [2.45, 2.75) is 6.61 Å². The average Bonchev–Trinajstić information content (AvgIpc) is 2.39. The van der Waals surface area contributed by atoms with Crippen molar-refractivity contribution in [2.24, 2.45) is 0 Å². The molecule has 0 saturated heterocycles. The molecule has 82 valence electrons. The van der Waals surface area contributed by atoms with Crippen molar-refractivity contribution in [3.63, 3.8) is 0 Å².